The number of pyridine rings is 2. The Morgan fingerprint density at radius 3 is 2.35 bits per heavy atom. The number of hydrogen-bond acceptors (Lipinski definition) is 6. The Morgan fingerprint density at radius 2 is 1.65 bits per heavy atom. The molecule has 0 amide bonds. The number of aromatic nitrogens is 2. The van der Waals surface area contributed by atoms with Gasteiger partial charge in [-0.1, -0.05) is 0 Å². The molecule has 7 heteroatoms. The zero-order valence-electron chi connectivity index (χ0n) is 17.9. The molecule has 0 aliphatic carbocycles. The second-order valence-electron chi connectivity index (χ2n) is 7.34. The van der Waals surface area contributed by atoms with Crippen molar-refractivity contribution in [3.63, 3.8) is 0 Å². The molecule has 1 aromatic carbocycles. The van der Waals surface area contributed by atoms with Crippen LogP contribution in [0.25, 0.3) is 11.3 Å². The molecule has 0 saturated carbocycles. The maximum Gasteiger partial charge on any atom is 0.213 e. The summed E-state index contributed by atoms with van der Waals surface area (Å²) in [7, 11) is 1.62. The SMILES string of the molecule is CCOc1ccc(-c2nc(OC)ccc2N2CCCN(c3ccc(F)cc3)CC2)cn1. The zero-order valence-corrected chi connectivity index (χ0v) is 17.9. The van der Waals surface area contributed by atoms with Gasteiger partial charge in [-0.3, -0.25) is 0 Å². The molecule has 1 saturated heterocycles. The van der Waals surface area contributed by atoms with Crippen LogP contribution in [0.5, 0.6) is 11.8 Å². The summed E-state index contributed by atoms with van der Waals surface area (Å²) in [5, 5.41) is 0. The van der Waals surface area contributed by atoms with Gasteiger partial charge in [-0.05, 0) is 49.7 Å². The van der Waals surface area contributed by atoms with Crippen molar-refractivity contribution in [1.29, 1.82) is 0 Å². The number of nitrogens with zero attached hydrogens (tertiary/aromatic N) is 4. The van der Waals surface area contributed by atoms with Gasteiger partial charge in [0.25, 0.3) is 0 Å². The minimum Gasteiger partial charge on any atom is -0.481 e. The Hall–Kier alpha value is -3.35. The summed E-state index contributed by atoms with van der Waals surface area (Å²) in [5.74, 6) is 0.953. The van der Waals surface area contributed by atoms with Crippen molar-refractivity contribution in [3.8, 4) is 23.0 Å². The third kappa shape index (κ3) is 4.87. The van der Waals surface area contributed by atoms with E-state index in [9.17, 15) is 4.39 Å². The lowest BCUT2D eigenvalue weighted by atomic mass is 10.1. The molecule has 2 aromatic heterocycles. The van der Waals surface area contributed by atoms with Crippen LogP contribution in [0.1, 0.15) is 13.3 Å². The van der Waals surface area contributed by atoms with E-state index < -0.39 is 0 Å². The van der Waals surface area contributed by atoms with Crippen LogP contribution in [0.15, 0.2) is 54.7 Å². The van der Waals surface area contributed by atoms with Crippen molar-refractivity contribution in [1.82, 2.24) is 9.97 Å². The third-order valence-electron chi connectivity index (χ3n) is 5.39. The lowest BCUT2D eigenvalue weighted by molar-refractivity contribution is 0.327. The summed E-state index contributed by atoms with van der Waals surface area (Å²) in [4.78, 5) is 13.8. The van der Waals surface area contributed by atoms with E-state index in [1.54, 1.807) is 13.3 Å². The molecular weight excluding hydrogens is 395 g/mol. The maximum absolute atomic E-state index is 13.3. The Morgan fingerprint density at radius 1 is 0.903 bits per heavy atom. The predicted molar refractivity (Wildman–Crippen MR) is 121 cm³/mol. The van der Waals surface area contributed by atoms with Gasteiger partial charge in [-0.25, -0.2) is 14.4 Å². The summed E-state index contributed by atoms with van der Waals surface area (Å²) in [6.07, 6.45) is 2.78. The van der Waals surface area contributed by atoms with Gasteiger partial charge < -0.3 is 19.3 Å². The Bertz CT molecular complexity index is 995. The first-order chi connectivity index (χ1) is 15.2. The maximum atomic E-state index is 13.3. The molecule has 0 unspecified atom stereocenters. The number of anilines is 2. The summed E-state index contributed by atoms with van der Waals surface area (Å²) in [6.45, 7) is 6.02. The van der Waals surface area contributed by atoms with Gasteiger partial charge in [0.2, 0.25) is 11.8 Å². The van der Waals surface area contributed by atoms with Crippen molar-refractivity contribution < 1.29 is 13.9 Å². The van der Waals surface area contributed by atoms with Crippen molar-refractivity contribution in [3.05, 3.63) is 60.5 Å². The topological polar surface area (TPSA) is 50.7 Å². The van der Waals surface area contributed by atoms with Gasteiger partial charge in [0.1, 0.15) is 5.82 Å². The van der Waals surface area contributed by atoms with Crippen molar-refractivity contribution in [2.75, 3.05) is 49.7 Å². The van der Waals surface area contributed by atoms with Gasteiger partial charge >= 0.3 is 0 Å². The molecule has 31 heavy (non-hydrogen) atoms. The Balaban J connectivity index is 1.59. The smallest absolute Gasteiger partial charge is 0.213 e. The van der Waals surface area contributed by atoms with Crippen LogP contribution < -0.4 is 19.3 Å². The average Bonchev–Trinajstić information content (AvgIpc) is 3.06. The first-order valence-corrected chi connectivity index (χ1v) is 10.6. The number of halogens is 1. The molecule has 6 nitrogen and oxygen atoms in total. The lowest BCUT2D eigenvalue weighted by Crippen LogP contribution is -2.31. The molecule has 0 bridgehead atoms. The molecule has 0 spiro atoms. The highest BCUT2D eigenvalue weighted by atomic mass is 19.1. The third-order valence-corrected chi connectivity index (χ3v) is 5.39. The van der Waals surface area contributed by atoms with Gasteiger partial charge in [0, 0.05) is 55.8 Å². The largest absolute Gasteiger partial charge is 0.481 e. The van der Waals surface area contributed by atoms with E-state index in [2.05, 4.69) is 20.9 Å². The summed E-state index contributed by atoms with van der Waals surface area (Å²) >= 11 is 0. The number of benzene rings is 1. The highest BCUT2D eigenvalue weighted by Gasteiger charge is 2.20. The second-order valence-corrected chi connectivity index (χ2v) is 7.34. The molecular formula is C24H27FN4O2. The molecule has 1 aliphatic rings. The Kier molecular flexibility index (Phi) is 6.50. The number of hydrogen-bond donors (Lipinski definition) is 0. The molecule has 1 fully saturated rings. The average molecular weight is 423 g/mol. The van der Waals surface area contributed by atoms with E-state index in [-0.39, 0.29) is 5.82 Å². The van der Waals surface area contributed by atoms with Crippen LogP contribution in [-0.2, 0) is 0 Å². The second kappa shape index (κ2) is 9.64. The van der Waals surface area contributed by atoms with Crippen LogP contribution in [0.4, 0.5) is 15.8 Å². The van der Waals surface area contributed by atoms with Crippen molar-refractivity contribution in [2.45, 2.75) is 13.3 Å². The number of methoxy groups -OCH3 is 1. The molecule has 3 heterocycles. The fraction of sp³-hybridized carbons (Fsp3) is 0.333. The molecule has 0 atom stereocenters. The summed E-state index contributed by atoms with van der Waals surface area (Å²) in [6, 6.07) is 14.5. The minimum atomic E-state index is -0.210. The normalized spacial score (nSPS) is 14.3. The van der Waals surface area contributed by atoms with E-state index >= 15 is 0 Å². The van der Waals surface area contributed by atoms with Crippen LogP contribution >= 0.6 is 0 Å². The summed E-state index contributed by atoms with van der Waals surface area (Å²) < 4.78 is 24.1. The van der Waals surface area contributed by atoms with E-state index in [0.717, 1.165) is 55.2 Å². The molecule has 4 rings (SSSR count). The number of ether oxygens (including phenoxy) is 2. The number of rotatable bonds is 6. The van der Waals surface area contributed by atoms with Crippen LogP contribution in [-0.4, -0.2) is 49.9 Å². The Labute approximate surface area is 182 Å². The highest BCUT2D eigenvalue weighted by molar-refractivity contribution is 5.75. The molecule has 1 aliphatic heterocycles. The van der Waals surface area contributed by atoms with Gasteiger partial charge in [-0.2, -0.15) is 0 Å². The molecule has 0 N–H and O–H groups in total. The summed E-state index contributed by atoms with van der Waals surface area (Å²) in [5.41, 5.74) is 3.85. The van der Waals surface area contributed by atoms with Gasteiger partial charge in [0.15, 0.2) is 0 Å². The van der Waals surface area contributed by atoms with Crippen molar-refractivity contribution >= 4 is 11.4 Å². The molecule has 3 aromatic rings. The quantitative estimate of drug-likeness (QED) is 0.587. The van der Waals surface area contributed by atoms with E-state index in [1.165, 1.54) is 12.1 Å². The monoisotopic (exact) mass is 422 g/mol. The lowest BCUT2D eigenvalue weighted by Gasteiger charge is -2.26. The fourth-order valence-corrected chi connectivity index (χ4v) is 3.84. The first kappa shape index (κ1) is 20.9. The fourth-order valence-electron chi connectivity index (χ4n) is 3.84. The molecule has 0 radical (unpaired) electrons. The van der Waals surface area contributed by atoms with E-state index in [4.69, 9.17) is 14.5 Å². The van der Waals surface area contributed by atoms with Crippen LogP contribution in [0, 0.1) is 5.82 Å². The first-order valence-electron chi connectivity index (χ1n) is 10.6. The van der Waals surface area contributed by atoms with Gasteiger partial charge in [0.05, 0.1) is 25.1 Å². The molecule has 162 valence electrons. The van der Waals surface area contributed by atoms with Crippen molar-refractivity contribution in [2.24, 2.45) is 0 Å². The standard InChI is InChI=1S/C24H27FN4O2/c1-3-31-22-11-5-18(17-26-22)24-21(10-12-23(27-24)30-2)29-14-4-13-28(15-16-29)20-8-6-19(25)7-9-20/h5-12,17H,3-4,13-16H2,1-2H3. The predicted octanol–water partition coefficient (Wildman–Crippen LogP) is 4.41. The van der Waals surface area contributed by atoms with Crippen LogP contribution in [0.3, 0.4) is 0 Å². The van der Waals surface area contributed by atoms with Gasteiger partial charge in [-0.15, -0.1) is 0 Å². The zero-order chi connectivity index (χ0) is 21.6. The van der Waals surface area contributed by atoms with Crippen LogP contribution in [0.2, 0.25) is 0 Å². The minimum absolute atomic E-state index is 0.210. The highest BCUT2D eigenvalue weighted by Crippen LogP contribution is 2.32. The van der Waals surface area contributed by atoms with E-state index in [1.807, 2.05) is 37.3 Å². The van der Waals surface area contributed by atoms with E-state index in [0.29, 0.717) is 18.4 Å².